The molecule has 0 bridgehead atoms. The normalized spacial score (nSPS) is 10.1. The van der Waals surface area contributed by atoms with Crippen molar-refractivity contribution in [1.29, 1.82) is 0 Å². The van der Waals surface area contributed by atoms with E-state index < -0.39 is 21.4 Å². The molecule has 3 aromatic rings. The van der Waals surface area contributed by atoms with Gasteiger partial charge in [0.2, 0.25) is 0 Å². The molecular weight excluding hydrogens is 403 g/mol. The van der Waals surface area contributed by atoms with Crippen LogP contribution in [0.2, 0.25) is 0 Å². The molecule has 0 fully saturated rings. The second-order valence-corrected chi connectivity index (χ2v) is 14.2. The molecule has 0 aliphatic heterocycles. The molecule has 3 rings (SSSR count). The molecule has 0 spiro atoms. The molecule has 0 aromatic heterocycles. The van der Waals surface area contributed by atoms with E-state index in [1.165, 1.54) is 9.96 Å². The van der Waals surface area contributed by atoms with Gasteiger partial charge in [-0.3, -0.25) is 0 Å². The number of hydrogen-bond acceptors (Lipinski definition) is 0. The van der Waals surface area contributed by atoms with E-state index >= 15 is 0 Å². The molecule has 25 heavy (non-hydrogen) atoms. The average Bonchev–Trinajstić information content (AvgIpc) is 2.70. The summed E-state index contributed by atoms with van der Waals surface area (Å²) in [6.45, 7) is 11.6. The maximum absolute atomic E-state index is 3.86. The summed E-state index contributed by atoms with van der Waals surface area (Å²) >= 11 is -2.38. The monoisotopic (exact) mass is 424 g/mol. The number of benzene rings is 3. The van der Waals surface area contributed by atoms with Crippen LogP contribution in [0.25, 0.3) is 18.2 Å². The van der Waals surface area contributed by atoms with E-state index in [9.17, 15) is 0 Å². The van der Waals surface area contributed by atoms with E-state index in [2.05, 4.69) is 92.5 Å². The van der Waals surface area contributed by atoms with Crippen LogP contribution in [0.5, 0.6) is 0 Å². The van der Waals surface area contributed by atoms with Crippen molar-refractivity contribution in [3.63, 3.8) is 0 Å². The molecule has 0 atom stereocenters. The number of rotatable bonds is 6. The Labute approximate surface area is 158 Å². The minimum absolute atomic E-state index is 1.16. The first kappa shape index (κ1) is 17.6. The third-order valence-corrected chi connectivity index (χ3v) is 13.5. The molecule has 0 radical (unpaired) electrons. The summed E-state index contributed by atoms with van der Waals surface area (Å²) in [5.74, 6) is 0. The summed E-state index contributed by atoms with van der Waals surface area (Å²) in [6.07, 6.45) is 5.68. The molecular formula is C24H21In. The topological polar surface area (TPSA) is 0 Å². The molecule has 0 aliphatic carbocycles. The summed E-state index contributed by atoms with van der Waals surface area (Å²) in [4.78, 5) is 0. The predicted molar refractivity (Wildman–Crippen MR) is 114 cm³/mol. The molecule has 3 aromatic carbocycles. The Bertz CT molecular complexity index is 746. The van der Waals surface area contributed by atoms with Crippen molar-refractivity contribution in [2.24, 2.45) is 0 Å². The zero-order chi connectivity index (χ0) is 17.6. The summed E-state index contributed by atoms with van der Waals surface area (Å²) in [7, 11) is 0. The molecule has 0 N–H and O–H groups in total. The van der Waals surface area contributed by atoms with Gasteiger partial charge in [-0.1, -0.05) is 0 Å². The van der Waals surface area contributed by atoms with Gasteiger partial charge in [-0.2, -0.15) is 0 Å². The van der Waals surface area contributed by atoms with Crippen molar-refractivity contribution in [3.05, 3.63) is 109 Å². The molecule has 1 heteroatoms. The van der Waals surface area contributed by atoms with Crippen LogP contribution in [-0.4, -0.2) is 21.4 Å². The van der Waals surface area contributed by atoms with Crippen molar-refractivity contribution >= 4 is 49.6 Å². The summed E-state index contributed by atoms with van der Waals surface area (Å²) < 4.78 is 4.43. The van der Waals surface area contributed by atoms with Crippen molar-refractivity contribution in [3.8, 4) is 0 Å². The molecule has 0 aliphatic rings. The summed E-state index contributed by atoms with van der Waals surface area (Å²) in [5.41, 5.74) is 3.49. The van der Waals surface area contributed by atoms with Crippen LogP contribution < -0.4 is 9.96 Å². The Morgan fingerprint density at radius 2 is 0.680 bits per heavy atom. The van der Waals surface area contributed by atoms with Crippen LogP contribution in [-0.2, 0) is 0 Å². The SMILES string of the molecule is C=Cc1cc[c]([In]([c]2ccc(C=C)cc2)[c]2ccc(C=C)cc2)cc1. The van der Waals surface area contributed by atoms with Crippen molar-refractivity contribution < 1.29 is 0 Å². The Balaban J connectivity index is 2.09. The van der Waals surface area contributed by atoms with Gasteiger partial charge < -0.3 is 0 Å². The number of hydrogen-bond donors (Lipinski definition) is 0. The van der Waals surface area contributed by atoms with Crippen LogP contribution in [0.4, 0.5) is 0 Å². The molecule has 0 saturated heterocycles. The van der Waals surface area contributed by atoms with Crippen LogP contribution in [0.15, 0.2) is 92.5 Å². The van der Waals surface area contributed by atoms with Crippen molar-refractivity contribution in [2.75, 3.05) is 0 Å². The van der Waals surface area contributed by atoms with E-state index in [0.29, 0.717) is 0 Å². The van der Waals surface area contributed by atoms with Gasteiger partial charge in [0.1, 0.15) is 0 Å². The first-order valence-electron chi connectivity index (χ1n) is 8.42. The van der Waals surface area contributed by atoms with Gasteiger partial charge in [-0.25, -0.2) is 0 Å². The third kappa shape index (κ3) is 4.05. The van der Waals surface area contributed by atoms with Crippen LogP contribution in [0.1, 0.15) is 16.7 Å². The molecule has 0 amide bonds. The van der Waals surface area contributed by atoms with E-state index in [4.69, 9.17) is 0 Å². The van der Waals surface area contributed by atoms with Gasteiger partial charge in [-0.15, -0.1) is 0 Å². The fourth-order valence-corrected chi connectivity index (χ4v) is 11.3. The summed E-state index contributed by atoms with van der Waals surface area (Å²) in [6, 6.07) is 26.7. The van der Waals surface area contributed by atoms with Gasteiger partial charge in [0, 0.05) is 0 Å². The van der Waals surface area contributed by atoms with Crippen molar-refractivity contribution in [2.45, 2.75) is 0 Å². The van der Waals surface area contributed by atoms with E-state index in [1.54, 1.807) is 0 Å². The van der Waals surface area contributed by atoms with E-state index in [-0.39, 0.29) is 0 Å². The zero-order valence-corrected chi connectivity index (χ0v) is 17.7. The van der Waals surface area contributed by atoms with Crippen LogP contribution in [0, 0.1) is 0 Å². The van der Waals surface area contributed by atoms with Gasteiger partial charge in [0.05, 0.1) is 0 Å². The van der Waals surface area contributed by atoms with Crippen LogP contribution in [0.3, 0.4) is 0 Å². The first-order valence-corrected chi connectivity index (χ1v) is 13.4. The maximum atomic E-state index is 3.86. The zero-order valence-electron chi connectivity index (χ0n) is 14.4. The fraction of sp³-hybridized carbons (Fsp3) is 0. The average molecular weight is 424 g/mol. The Kier molecular flexibility index (Phi) is 5.78. The summed E-state index contributed by atoms with van der Waals surface area (Å²) in [5, 5.41) is 0. The van der Waals surface area contributed by atoms with E-state index in [0.717, 1.165) is 16.7 Å². The molecule has 120 valence electrons. The Morgan fingerprint density at radius 3 is 0.880 bits per heavy atom. The Morgan fingerprint density at radius 1 is 0.440 bits per heavy atom. The molecule has 0 unspecified atom stereocenters. The van der Waals surface area contributed by atoms with Gasteiger partial charge in [-0.05, 0) is 0 Å². The first-order chi connectivity index (χ1) is 12.2. The van der Waals surface area contributed by atoms with Crippen LogP contribution >= 0.6 is 0 Å². The van der Waals surface area contributed by atoms with Gasteiger partial charge >= 0.3 is 159 Å². The Hall–Kier alpha value is -2.25. The second-order valence-electron chi connectivity index (χ2n) is 6.05. The van der Waals surface area contributed by atoms with E-state index in [1.807, 2.05) is 18.2 Å². The fourth-order valence-electron chi connectivity index (χ4n) is 3.05. The van der Waals surface area contributed by atoms with Gasteiger partial charge in [0.15, 0.2) is 0 Å². The molecule has 0 saturated carbocycles. The quantitative estimate of drug-likeness (QED) is 0.559. The molecule has 0 nitrogen and oxygen atoms in total. The molecule has 0 heterocycles. The predicted octanol–water partition coefficient (Wildman–Crippen LogP) is 4.13. The van der Waals surface area contributed by atoms with Gasteiger partial charge in [0.25, 0.3) is 0 Å². The standard InChI is InChI=1S/3C8H7.In/c3*1-2-8-6-4-3-5-7-8;/h3*2,4-7H,1H2;. The van der Waals surface area contributed by atoms with Crippen molar-refractivity contribution in [1.82, 2.24) is 0 Å². The third-order valence-electron chi connectivity index (χ3n) is 4.52. The minimum atomic E-state index is -2.38. The second kappa shape index (κ2) is 8.22.